The third-order valence-corrected chi connectivity index (χ3v) is 4.58. The lowest BCUT2D eigenvalue weighted by atomic mass is 9.95. The molecule has 1 aromatic carbocycles. The van der Waals surface area contributed by atoms with E-state index in [1.165, 1.54) is 32.1 Å². The normalized spacial score (nSPS) is 15.9. The first-order valence-electron chi connectivity index (χ1n) is 7.64. The van der Waals surface area contributed by atoms with Gasteiger partial charge in [-0.3, -0.25) is 0 Å². The van der Waals surface area contributed by atoms with E-state index in [0.717, 1.165) is 22.3 Å². The van der Waals surface area contributed by atoms with E-state index in [1.54, 1.807) is 12.1 Å². The van der Waals surface area contributed by atoms with Crippen molar-refractivity contribution in [2.45, 2.75) is 51.6 Å². The van der Waals surface area contributed by atoms with Crippen LogP contribution in [0.2, 0.25) is 0 Å². The molecule has 1 fully saturated rings. The van der Waals surface area contributed by atoms with Crippen LogP contribution in [0.15, 0.2) is 16.6 Å². The van der Waals surface area contributed by atoms with Gasteiger partial charge in [0.1, 0.15) is 0 Å². The zero-order valence-electron chi connectivity index (χ0n) is 12.4. The van der Waals surface area contributed by atoms with Gasteiger partial charge < -0.3 is 15.7 Å². The molecule has 5 heteroatoms. The molecule has 0 heterocycles. The highest BCUT2D eigenvalue weighted by Crippen LogP contribution is 2.29. The molecular weight excluding hydrogens is 332 g/mol. The first-order chi connectivity index (χ1) is 10.1. The summed E-state index contributed by atoms with van der Waals surface area (Å²) in [6.45, 7) is 3.55. The minimum Gasteiger partial charge on any atom is -0.478 e. The monoisotopic (exact) mass is 354 g/mol. The quantitative estimate of drug-likeness (QED) is 0.722. The van der Waals surface area contributed by atoms with Crippen LogP contribution in [0, 0.1) is 0 Å². The molecule has 0 unspecified atom stereocenters. The molecule has 0 aromatic heterocycles. The molecule has 1 saturated carbocycles. The molecule has 0 amide bonds. The number of hydrogen-bond donors (Lipinski definition) is 3. The Hall–Kier alpha value is -1.07. The molecular formula is C16H23BrN2O2. The summed E-state index contributed by atoms with van der Waals surface area (Å²) in [7, 11) is 0. The van der Waals surface area contributed by atoms with Crippen molar-refractivity contribution in [2.75, 3.05) is 11.9 Å². The maximum Gasteiger partial charge on any atom is 0.335 e. The number of halogens is 1. The van der Waals surface area contributed by atoms with Gasteiger partial charge in [-0.05, 0) is 53.4 Å². The van der Waals surface area contributed by atoms with Crippen molar-refractivity contribution in [3.8, 4) is 0 Å². The summed E-state index contributed by atoms with van der Waals surface area (Å²) in [4.78, 5) is 11.2. The highest BCUT2D eigenvalue weighted by Gasteiger charge is 2.16. The molecule has 0 spiro atoms. The van der Waals surface area contributed by atoms with Gasteiger partial charge in [0.2, 0.25) is 0 Å². The highest BCUT2D eigenvalue weighted by atomic mass is 79.9. The molecule has 2 rings (SSSR count). The van der Waals surface area contributed by atoms with Crippen molar-refractivity contribution in [3.05, 3.63) is 27.7 Å². The van der Waals surface area contributed by atoms with Gasteiger partial charge >= 0.3 is 5.97 Å². The molecule has 1 aliphatic rings. The van der Waals surface area contributed by atoms with Gasteiger partial charge in [0, 0.05) is 23.6 Å². The molecule has 0 aliphatic heterocycles. The average molecular weight is 355 g/mol. The largest absolute Gasteiger partial charge is 0.478 e. The summed E-state index contributed by atoms with van der Waals surface area (Å²) in [5.41, 5.74) is 2.32. The van der Waals surface area contributed by atoms with Crippen molar-refractivity contribution in [3.63, 3.8) is 0 Å². The van der Waals surface area contributed by atoms with Crippen LogP contribution in [-0.2, 0) is 6.54 Å². The average Bonchev–Trinajstić information content (AvgIpc) is 2.48. The number of carboxylic acids is 1. The molecule has 1 aromatic rings. The molecule has 0 radical (unpaired) electrons. The Bertz CT molecular complexity index is 499. The fourth-order valence-corrected chi connectivity index (χ4v) is 3.50. The Labute approximate surface area is 134 Å². The first-order valence-corrected chi connectivity index (χ1v) is 8.44. The summed E-state index contributed by atoms with van der Waals surface area (Å²) in [5.74, 6) is -0.891. The molecule has 116 valence electrons. The molecule has 0 bridgehead atoms. The summed E-state index contributed by atoms with van der Waals surface area (Å²) in [6, 6.07) is 3.98. The summed E-state index contributed by atoms with van der Waals surface area (Å²) < 4.78 is 0.810. The number of aromatic carboxylic acids is 1. The smallest absolute Gasteiger partial charge is 0.335 e. The number of carboxylic acid groups (broad SMARTS) is 1. The van der Waals surface area contributed by atoms with Gasteiger partial charge in [-0.25, -0.2) is 4.79 Å². The molecule has 1 aliphatic carbocycles. The van der Waals surface area contributed by atoms with Crippen LogP contribution in [0.25, 0.3) is 0 Å². The van der Waals surface area contributed by atoms with Crippen molar-refractivity contribution in [1.82, 2.24) is 5.32 Å². The van der Waals surface area contributed by atoms with Crippen molar-refractivity contribution in [2.24, 2.45) is 0 Å². The standard InChI is InChI=1S/C16H23BrN2O2/c1-2-18-15-12(8-11(16(20)21)9-14(15)17)10-19-13-6-4-3-5-7-13/h8-9,13,18-19H,2-7,10H2,1H3,(H,20,21). The van der Waals surface area contributed by atoms with E-state index in [9.17, 15) is 9.90 Å². The third-order valence-electron chi connectivity index (χ3n) is 3.96. The van der Waals surface area contributed by atoms with Crippen LogP contribution < -0.4 is 10.6 Å². The fraction of sp³-hybridized carbons (Fsp3) is 0.562. The topological polar surface area (TPSA) is 61.4 Å². The second-order valence-corrected chi connectivity index (χ2v) is 6.40. The Kier molecular flexibility index (Phi) is 6.06. The molecule has 4 nitrogen and oxygen atoms in total. The van der Waals surface area contributed by atoms with E-state index < -0.39 is 5.97 Å². The van der Waals surface area contributed by atoms with E-state index >= 15 is 0 Å². The Balaban J connectivity index is 2.15. The molecule has 0 atom stereocenters. The summed E-state index contributed by atoms with van der Waals surface area (Å²) >= 11 is 3.48. The van der Waals surface area contributed by atoms with Crippen molar-refractivity contribution >= 4 is 27.6 Å². The molecule has 3 N–H and O–H groups in total. The fourth-order valence-electron chi connectivity index (χ4n) is 2.86. The number of benzene rings is 1. The van der Waals surface area contributed by atoms with Crippen LogP contribution in [0.4, 0.5) is 5.69 Å². The predicted octanol–water partition coefficient (Wildman–Crippen LogP) is 4.00. The third kappa shape index (κ3) is 4.45. The van der Waals surface area contributed by atoms with E-state index in [-0.39, 0.29) is 0 Å². The lowest BCUT2D eigenvalue weighted by Gasteiger charge is -2.24. The van der Waals surface area contributed by atoms with Gasteiger partial charge in [0.25, 0.3) is 0 Å². The Morgan fingerprint density at radius 3 is 2.67 bits per heavy atom. The van der Waals surface area contributed by atoms with Crippen LogP contribution in [-0.4, -0.2) is 23.7 Å². The lowest BCUT2D eigenvalue weighted by molar-refractivity contribution is 0.0696. The maximum atomic E-state index is 11.2. The molecule has 21 heavy (non-hydrogen) atoms. The highest BCUT2D eigenvalue weighted by molar-refractivity contribution is 9.10. The molecule has 0 saturated heterocycles. The minimum absolute atomic E-state index is 0.323. The minimum atomic E-state index is -0.891. The Morgan fingerprint density at radius 2 is 2.05 bits per heavy atom. The zero-order chi connectivity index (χ0) is 15.2. The van der Waals surface area contributed by atoms with Crippen LogP contribution in [0.1, 0.15) is 54.9 Å². The summed E-state index contributed by atoms with van der Waals surface area (Å²) in [6.07, 6.45) is 6.35. The van der Waals surface area contributed by atoms with E-state index in [1.807, 2.05) is 6.92 Å². The van der Waals surface area contributed by atoms with E-state index in [2.05, 4.69) is 26.6 Å². The number of rotatable bonds is 6. The predicted molar refractivity (Wildman–Crippen MR) is 89.0 cm³/mol. The van der Waals surface area contributed by atoms with Crippen LogP contribution in [0.3, 0.4) is 0 Å². The van der Waals surface area contributed by atoms with Crippen molar-refractivity contribution < 1.29 is 9.90 Å². The van der Waals surface area contributed by atoms with E-state index in [0.29, 0.717) is 18.2 Å². The summed E-state index contributed by atoms with van der Waals surface area (Å²) in [5, 5.41) is 16.1. The van der Waals surface area contributed by atoms with Gasteiger partial charge in [-0.2, -0.15) is 0 Å². The van der Waals surface area contributed by atoms with Crippen LogP contribution >= 0.6 is 15.9 Å². The zero-order valence-corrected chi connectivity index (χ0v) is 14.0. The second kappa shape index (κ2) is 7.80. The first kappa shape index (κ1) is 16.3. The number of anilines is 1. The van der Waals surface area contributed by atoms with Gasteiger partial charge in [-0.1, -0.05) is 19.3 Å². The second-order valence-electron chi connectivity index (χ2n) is 5.54. The SMILES string of the molecule is CCNc1c(Br)cc(C(=O)O)cc1CNC1CCCCC1. The number of hydrogen-bond acceptors (Lipinski definition) is 3. The van der Waals surface area contributed by atoms with E-state index in [4.69, 9.17) is 0 Å². The van der Waals surface area contributed by atoms with Gasteiger partial charge in [0.05, 0.1) is 11.3 Å². The van der Waals surface area contributed by atoms with Gasteiger partial charge in [-0.15, -0.1) is 0 Å². The lowest BCUT2D eigenvalue weighted by Crippen LogP contribution is -2.30. The van der Waals surface area contributed by atoms with Gasteiger partial charge in [0.15, 0.2) is 0 Å². The Morgan fingerprint density at radius 1 is 1.33 bits per heavy atom. The number of nitrogens with one attached hydrogen (secondary N) is 2. The number of carbonyl (C=O) groups is 1. The van der Waals surface area contributed by atoms with Crippen LogP contribution in [0.5, 0.6) is 0 Å². The van der Waals surface area contributed by atoms with Crippen molar-refractivity contribution in [1.29, 1.82) is 0 Å². The maximum absolute atomic E-state index is 11.2.